The summed E-state index contributed by atoms with van der Waals surface area (Å²) in [5.74, 6) is 0.352. The van der Waals surface area contributed by atoms with Crippen LogP contribution in [0, 0.1) is 11.8 Å². The smallest absolute Gasteiger partial charge is 0.158 e. The van der Waals surface area contributed by atoms with Crippen molar-refractivity contribution < 1.29 is 43.0 Å². The molecule has 5 heterocycles. The Morgan fingerprint density at radius 1 is 0.774 bits per heavy atom. The van der Waals surface area contributed by atoms with Gasteiger partial charge in [-0.25, -0.2) is 0 Å². The topological polar surface area (TPSA) is 94.1 Å². The molecule has 1 aromatic rings. The van der Waals surface area contributed by atoms with Gasteiger partial charge in [0.15, 0.2) is 25.2 Å². The fraction of sp³-hybridized carbons (Fsp3) is 0.810. The average Bonchev–Trinajstić information content (AvgIpc) is 3.76. The molecule has 1 aliphatic carbocycles. The van der Waals surface area contributed by atoms with Gasteiger partial charge in [0.1, 0.15) is 0 Å². The van der Waals surface area contributed by atoms with Crippen LogP contribution in [0.4, 0.5) is 0 Å². The van der Waals surface area contributed by atoms with E-state index in [9.17, 15) is 5.11 Å². The summed E-state index contributed by atoms with van der Waals surface area (Å²) in [7, 11) is 0. The number of unbranched alkanes of at least 4 members (excludes halogenated alkanes) is 1. The number of allylic oxidation sites excluding steroid dienone is 2. The molecule has 0 amide bonds. The van der Waals surface area contributed by atoms with E-state index in [1.807, 2.05) is 0 Å². The predicted octanol–water partition coefficient (Wildman–Crippen LogP) is 9.39. The highest BCUT2D eigenvalue weighted by Crippen LogP contribution is 2.42. The maximum absolute atomic E-state index is 10.5. The summed E-state index contributed by atoms with van der Waals surface area (Å²) < 4.78 is 51.2. The fourth-order valence-corrected chi connectivity index (χ4v) is 9.72. The zero-order chi connectivity index (χ0) is 36.5. The number of rotatable bonds is 20. The van der Waals surface area contributed by atoms with Crippen LogP contribution in [0.1, 0.15) is 120 Å². The van der Waals surface area contributed by atoms with E-state index in [0.29, 0.717) is 13.0 Å². The van der Waals surface area contributed by atoms with Gasteiger partial charge in [-0.1, -0.05) is 24.3 Å². The lowest BCUT2D eigenvalue weighted by Crippen LogP contribution is -2.31. The molecule has 1 N–H and O–H groups in total. The van der Waals surface area contributed by atoms with Gasteiger partial charge in [0.05, 0.1) is 34.8 Å². The van der Waals surface area contributed by atoms with Gasteiger partial charge in [0, 0.05) is 43.6 Å². The van der Waals surface area contributed by atoms with Gasteiger partial charge in [-0.05, 0) is 150 Å². The third-order valence-corrected chi connectivity index (χ3v) is 12.9. The molecule has 0 aromatic carbocycles. The maximum Gasteiger partial charge on any atom is 0.158 e. The molecule has 0 spiro atoms. The van der Waals surface area contributed by atoms with Crippen molar-refractivity contribution >= 4 is 27.3 Å². The van der Waals surface area contributed by atoms with Crippen molar-refractivity contribution in [3.8, 4) is 0 Å². The van der Waals surface area contributed by atoms with Crippen LogP contribution in [-0.2, 0) is 44.3 Å². The highest BCUT2D eigenvalue weighted by Gasteiger charge is 2.45. The molecule has 4 aliphatic heterocycles. The maximum atomic E-state index is 10.5. The Morgan fingerprint density at radius 2 is 1.42 bits per heavy atom. The largest absolute Gasteiger partial charge is 0.391 e. The Kier molecular flexibility index (Phi) is 18.6. The van der Waals surface area contributed by atoms with Crippen molar-refractivity contribution in [2.24, 2.45) is 11.8 Å². The zero-order valence-corrected chi connectivity index (χ0v) is 34.1. The van der Waals surface area contributed by atoms with Crippen molar-refractivity contribution in [1.29, 1.82) is 0 Å². The Morgan fingerprint density at radius 3 is 2.04 bits per heavy atom. The number of aryl methyl sites for hydroxylation is 1. The molecule has 6 rings (SSSR count). The van der Waals surface area contributed by atoms with E-state index >= 15 is 0 Å². The second-order valence-corrected chi connectivity index (χ2v) is 18.0. The van der Waals surface area contributed by atoms with E-state index in [1.165, 1.54) is 4.88 Å². The minimum absolute atomic E-state index is 0.0106. The van der Waals surface area contributed by atoms with Crippen LogP contribution in [-0.4, -0.2) is 87.7 Å². The van der Waals surface area contributed by atoms with Crippen LogP contribution in [0.3, 0.4) is 0 Å². The highest BCUT2D eigenvalue weighted by atomic mass is 79.9. The number of thiophene rings is 1. The monoisotopic (exact) mass is 824 g/mol. The first-order chi connectivity index (χ1) is 26.1. The third kappa shape index (κ3) is 14.6. The predicted molar refractivity (Wildman–Crippen MR) is 210 cm³/mol. The van der Waals surface area contributed by atoms with Gasteiger partial charge in [-0.2, -0.15) is 0 Å². The molecule has 5 aliphatic rings. The molecule has 0 bridgehead atoms. The SMILES string of the molecule is OC(CCCC=CC[C@@H]1[C@@H](C=C[C@H](CCc2ccc(Br)s2)OC2CCCCO2)[C@H](OC2CCCCO2)C[C@@H]1OC1CCCCO1)COC1CCCCO1. The van der Waals surface area contributed by atoms with Crippen molar-refractivity contribution in [1.82, 2.24) is 0 Å². The van der Waals surface area contributed by atoms with Crippen LogP contribution in [0.5, 0.6) is 0 Å². The van der Waals surface area contributed by atoms with E-state index in [0.717, 1.165) is 146 Å². The molecule has 53 heavy (non-hydrogen) atoms. The zero-order valence-electron chi connectivity index (χ0n) is 31.7. The molecule has 5 fully saturated rings. The Bertz CT molecular complexity index is 1190. The number of hydrogen-bond acceptors (Lipinski definition) is 10. The summed E-state index contributed by atoms with van der Waals surface area (Å²) >= 11 is 5.42. The molecular weight excluding hydrogens is 760 g/mol. The summed E-state index contributed by atoms with van der Waals surface area (Å²) in [5, 5.41) is 10.5. The Balaban J connectivity index is 1.12. The van der Waals surface area contributed by atoms with E-state index in [-0.39, 0.29) is 55.3 Å². The molecule has 0 radical (unpaired) electrons. The van der Waals surface area contributed by atoms with Crippen LogP contribution in [0.2, 0.25) is 0 Å². The number of aliphatic hydroxyl groups is 1. The van der Waals surface area contributed by atoms with E-state index < -0.39 is 6.10 Å². The standard InChI is InChI=1S/C42H65BrO9S/c43-38-24-22-33(53-38)21-19-32(50-40-16-6-10-26-46-40)20-23-35-34(14-4-2-1-3-13-31(44)30-49-39-15-5-9-25-45-39)36(51-41-17-7-11-27-47-41)29-37(35)52-42-18-8-12-28-48-42/h2,4,20,22-24,31-32,34-37,39-42,44H,1,3,5-19,21,25-30H2/t31?,32-,34+,35+,36-,37+,39?,40?,41?,42?/m0/s1. The van der Waals surface area contributed by atoms with E-state index in [4.69, 9.17) is 37.9 Å². The molecule has 9 nitrogen and oxygen atoms in total. The second kappa shape index (κ2) is 23.5. The molecule has 300 valence electrons. The number of aliphatic hydroxyl groups excluding tert-OH is 1. The first-order valence-corrected chi connectivity index (χ1v) is 22.5. The molecule has 11 heteroatoms. The van der Waals surface area contributed by atoms with Gasteiger partial charge in [0.25, 0.3) is 0 Å². The molecule has 4 saturated heterocycles. The van der Waals surface area contributed by atoms with Gasteiger partial charge in [0.2, 0.25) is 0 Å². The summed E-state index contributed by atoms with van der Waals surface area (Å²) in [4.78, 5) is 1.35. The highest BCUT2D eigenvalue weighted by molar-refractivity contribution is 9.11. The summed E-state index contributed by atoms with van der Waals surface area (Å²) in [5.41, 5.74) is 0. The minimum Gasteiger partial charge on any atom is -0.391 e. The first-order valence-electron chi connectivity index (χ1n) is 20.9. The van der Waals surface area contributed by atoms with Crippen molar-refractivity contribution in [2.45, 2.75) is 172 Å². The summed E-state index contributed by atoms with van der Waals surface area (Å²) in [6.45, 7) is 3.36. The third-order valence-electron chi connectivity index (χ3n) is 11.2. The molecule has 10 atom stereocenters. The van der Waals surface area contributed by atoms with Crippen molar-refractivity contribution in [2.75, 3.05) is 33.0 Å². The van der Waals surface area contributed by atoms with Gasteiger partial charge in [-0.3, -0.25) is 0 Å². The Labute approximate surface area is 330 Å². The van der Waals surface area contributed by atoms with Crippen LogP contribution in [0.15, 0.2) is 40.2 Å². The van der Waals surface area contributed by atoms with Gasteiger partial charge in [-0.15, -0.1) is 11.3 Å². The lowest BCUT2D eigenvalue weighted by atomic mass is 9.89. The van der Waals surface area contributed by atoms with Crippen LogP contribution < -0.4 is 0 Å². The normalized spacial score (nSPS) is 32.8. The average molecular weight is 826 g/mol. The number of ether oxygens (including phenoxy) is 8. The number of halogens is 1. The molecule has 1 saturated carbocycles. The van der Waals surface area contributed by atoms with Gasteiger partial charge < -0.3 is 43.0 Å². The van der Waals surface area contributed by atoms with E-state index in [1.54, 1.807) is 11.3 Å². The van der Waals surface area contributed by atoms with Crippen molar-refractivity contribution in [3.63, 3.8) is 0 Å². The molecule has 5 unspecified atom stereocenters. The molecular formula is C42H65BrO9S. The van der Waals surface area contributed by atoms with Crippen LogP contribution >= 0.6 is 27.3 Å². The number of hydrogen-bond donors (Lipinski definition) is 1. The quantitative estimate of drug-likeness (QED) is 0.102. The Hall–Kier alpha value is -0.700. The van der Waals surface area contributed by atoms with E-state index in [2.05, 4.69) is 52.4 Å². The lowest BCUT2D eigenvalue weighted by molar-refractivity contribution is -0.203. The van der Waals surface area contributed by atoms with Crippen LogP contribution in [0.25, 0.3) is 0 Å². The summed E-state index contributed by atoms with van der Waals surface area (Å²) in [6, 6.07) is 4.33. The second-order valence-electron chi connectivity index (χ2n) is 15.4. The lowest BCUT2D eigenvalue weighted by Gasteiger charge is -2.30. The minimum atomic E-state index is -0.470. The molecule has 1 aromatic heterocycles. The van der Waals surface area contributed by atoms with Crippen molar-refractivity contribution in [3.05, 3.63) is 45.1 Å². The first kappa shape index (κ1) is 41.9. The fourth-order valence-electron chi connectivity index (χ4n) is 8.22. The van der Waals surface area contributed by atoms with Gasteiger partial charge >= 0.3 is 0 Å². The summed E-state index contributed by atoms with van der Waals surface area (Å²) in [6.07, 6.45) is 26.7.